The molecule has 44 heavy (non-hydrogen) atoms. The van der Waals surface area contributed by atoms with Crippen molar-refractivity contribution in [1.29, 1.82) is 0 Å². The number of nitrogens with zero attached hydrogens (tertiary/aromatic N) is 4. The summed E-state index contributed by atoms with van der Waals surface area (Å²) in [5, 5.41) is 13.1. The molecule has 2 N–H and O–H groups in total. The molecule has 2 saturated heterocycles. The quantitative estimate of drug-likeness (QED) is 0.266. The van der Waals surface area contributed by atoms with Crippen LogP contribution in [0.3, 0.4) is 0 Å². The van der Waals surface area contributed by atoms with Crippen molar-refractivity contribution in [2.75, 3.05) is 25.0 Å². The second kappa shape index (κ2) is 11.8. The molecule has 0 radical (unpaired) electrons. The van der Waals surface area contributed by atoms with Gasteiger partial charge in [-0.05, 0) is 81.7 Å². The van der Waals surface area contributed by atoms with Crippen LogP contribution in [-0.4, -0.2) is 68.3 Å². The normalized spacial score (nSPS) is 20.2. The first kappa shape index (κ1) is 28.8. The first-order valence-corrected chi connectivity index (χ1v) is 15.5. The van der Waals surface area contributed by atoms with Crippen molar-refractivity contribution in [2.45, 2.75) is 63.8 Å². The molecule has 4 aromatic rings. The van der Waals surface area contributed by atoms with Crippen LogP contribution >= 0.6 is 11.6 Å². The molecule has 1 amide bonds. The predicted octanol–water partition coefficient (Wildman–Crippen LogP) is 5.53. The number of aromatic nitrogens is 3. The Hall–Kier alpha value is -3.99. The van der Waals surface area contributed by atoms with E-state index < -0.39 is 5.97 Å². The van der Waals surface area contributed by atoms with E-state index >= 15 is 0 Å². The molecule has 1 unspecified atom stereocenters. The van der Waals surface area contributed by atoms with Crippen molar-refractivity contribution in [1.82, 2.24) is 19.4 Å². The fourth-order valence-corrected chi connectivity index (χ4v) is 6.64. The summed E-state index contributed by atoms with van der Waals surface area (Å²) >= 11 is 6.35. The number of benzene rings is 2. The minimum Gasteiger partial charge on any atom is -0.489 e. The van der Waals surface area contributed by atoms with Crippen molar-refractivity contribution in [3.05, 3.63) is 81.8 Å². The molecule has 10 nitrogen and oxygen atoms in total. The number of carboxylic acids is 1. The van der Waals surface area contributed by atoms with Gasteiger partial charge in [0.25, 0.3) is 5.91 Å². The maximum Gasteiger partial charge on any atom is 0.335 e. The Morgan fingerprint density at radius 1 is 1.09 bits per heavy atom. The molecule has 2 fully saturated rings. The molecule has 3 aliphatic heterocycles. The van der Waals surface area contributed by atoms with Gasteiger partial charge in [-0.1, -0.05) is 17.7 Å². The zero-order chi connectivity index (χ0) is 30.4. The molecular formula is C33H34ClN5O5. The van der Waals surface area contributed by atoms with Gasteiger partial charge in [0, 0.05) is 35.2 Å². The van der Waals surface area contributed by atoms with Crippen LogP contribution < -0.4 is 10.1 Å². The van der Waals surface area contributed by atoms with Gasteiger partial charge in [-0.15, -0.1) is 0 Å². The minimum absolute atomic E-state index is 0.0236. The molecule has 2 aromatic carbocycles. The number of halogens is 1. The van der Waals surface area contributed by atoms with Crippen LogP contribution in [0.25, 0.3) is 11.0 Å². The van der Waals surface area contributed by atoms with Crippen LogP contribution in [0.5, 0.6) is 5.75 Å². The number of carbonyl (C=O) groups is 2. The van der Waals surface area contributed by atoms with Gasteiger partial charge < -0.3 is 24.5 Å². The lowest BCUT2D eigenvalue weighted by molar-refractivity contribution is -0.0592. The second-order valence-corrected chi connectivity index (χ2v) is 12.3. The molecule has 228 valence electrons. The van der Waals surface area contributed by atoms with E-state index in [2.05, 4.69) is 14.8 Å². The number of aromatic carboxylic acids is 1. The fourth-order valence-electron chi connectivity index (χ4n) is 6.42. The SMILES string of the molecule is CC1Cc2c(Cl)ccc(C(=O)Nc3cccc(C4CCN(Cc5nc6ccc(C(=O)O)cc6n5C[C@@H]5CCO5)CC4)n3)c2O1. The monoisotopic (exact) mass is 615 g/mol. The van der Waals surface area contributed by atoms with E-state index in [1.165, 1.54) is 0 Å². The van der Waals surface area contributed by atoms with Gasteiger partial charge in [0.15, 0.2) is 0 Å². The number of anilines is 1. The Labute approximate surface area is 259 Å². The number of likely N-dealkylation sites (tertiary alicyclic amines) is 1. The Morgan fingerprint density at radius 3 is 2.66 bits per heavy atom. The first-order chi connectivity index (χ1) is 21.3. The highest BCUT2D eigenvalue weighted by Gasteiger charge is 2.29. The van der Waals surface area contributed by atoms with E-state index in [1.807, 2.05) is 25.1 Å². The van der Waals surface area contributed by atoms with Crippen molar-refractivity contribution in [3.63, 3.8) is 0 Å². The summed E-state index contributed by atoms with van der Waals surface area (Å²) in [6, 6.07) is 14.3. The zero-order valence-corrected chi connectivity index (χ0v) is 25.2. The first-order valence-electron chi connectivity index (χ1n) is 15.1. The molecule has 5 heterocycles. The van der Waals surface area contributed by atoms with E-state index in [4.69, 9.17) is 31.0 Å². The summed E-state index contributed by atoms with van der Waals surface area (Å²) in [4.78, 5) is 36.9. The lowest BCUT2D eigenvalue weighted by atomic mass is 9.93. The van der Waals surface area contributed by atoms with E-state index in [0.29, 0.717) is 41.7 Å². The van der Waals surface area contributed by atoms with Crippen LogP contribution in [0.1, 0.15) is 69.9 Å². The van der Waals surface area contributed by atoms with Crippen molar-refractivity contribution < 1.29 is 24.2 Å². The number of hydrogen-bond acceptors (Lipinski definition) is 7. The standard InChI is InChI=1S/C33H34ClN5O5/c1-19-15-24-25(34)7-6-23(31(24)44-19)32(40)37-29-4-2-3-26(35-29)20-9-12-38(13-10-20)18-30-36-27-8-5-21(33(41)42)16-28(27)39(30)17-22-11-14-43-22/h2-8,16,19-20,22H,9-15,17-18H2,1H3,(H,41,42)(H,35,37,40)/t19?,22-/m0/s1. The summed E-state index contributed by atoms with van der Waals surface area (Å²) in [6.07, 6.45) is 3.63. The van der Waals surface area contributed by atoms with Gasteiger partial charge in [-0.3, -0.25) is 9.69 Å². The number of piperidine rings is 1. The van der Waals surface area contributed by atoms with Crippen LogP contribution in [0.4, 0.5) is 5.82 Å². The van der Waals surface area contributed by atoms with Crippen LogP contribution in [0, 0.1) is 0 Å². The lowest BCUT2D eigenvalue weighted by Crippen LogP contribution is -2.35. The third-order valence-electron chi connectivity index (χ3n) is 8.90. The van der Waals surface area contributed by atoms with E-state index in [1.54, 1.807) is 30.3 Å². The molecule has 2 aromatic heterocycles. The smallest absolute Gasteiger partial charge is 0.335 e. The van der Waals surface area contributed by atoms with Crippen molar-refractivity contribution in [3.8, 4) is 5.75 Å². The van der Waals surface area contributed by atoms with Gasteiger partial charge in [-0.25, -0.2) is 14.8 Å². The fraction of sp³-hybridized carbons (Fsp3) is 0.394. The van der Waals surface area contributed by atoms with Gasteiger partial charge in [0.05, 0.1) is 41.4 Å². The summed E-state index contributed by atoms with van der Waals surface area (Å²) in [7, 11) is 0. The zero-order valence-electron chi connectivity index (χ0n) is 24.5. The summed E-state index contributed by atoms with van der Waals surface area (Å²) in [5.74, 6) is 1.05. The third kappa shape index (κ3) is 5.65. The van der Waals surface area contributed by atoms with Crippen LogP contribution in [0.15, 0.2) is 48.5 Å². The largest absolute Gasteiger partial charge is 0.489 e. The van der Waals surface area contributed by atoms with Crippen molar-refractivity contribution >= 4 is 40.3 Å². The average molecular weight is 616 g/mol. The molecule has 3 aliphatic rings. The summed E-state index contributed by atoms with van der Waals surface area (Å²) in [6.45, 7) is 5.81. The summed E-state index contributed by atoms with van der Waals surface area (Å²) < 4.78 is 13.7. The highest BCUT2D eigenvalue weighted by molar-refractivity contribution is 6.32. The molecule has 0 saturated carbocycles. The highest BCUT2D eigenvalue weighted by atomic mass is 35.5. The third-order valence-corrected chi connectivity index (χ3v) is 9.25. The number of rotatable bonds is 8. The summed E-state index contributed by atoms with van der Waals surface area (Å²) in [5.41, 5.74) is 4.18. The topological polar surface area (TPSA) is 119 Å². The maximum absolute atomic E-state index is 13.2. The molecule has 7 rings (SSSR count). The second-order valence-electron chi connectivity index (χ2n) is 11.9. The van der Waals surface area contributed by atoms with Crippen LogP contribution in [0.2, 0.25) is 5.02 Å². The van der Waals surface area contributed by atoms with E-state index in [0.717, 1.165) is 67.1 Å². The van der Waals surface area contributed by atoms with E-state index in [9.17, 15) is 14.7 Å². The highest BCUT2D eigenvalue weighted by Crippen LogP contribution is 2.38. The van der Waals surface area contributed by atoms with Gasteiger partial charge >= 0.3 is 5.97 Å². The number of imidazole rings is 1. The van der Waals surface area contributed by atoms with Crippen LogP contribution in [-0.2, 0) is 24.2 Å². The Kier molecular flexibility index (Phi) is 7.74. The van der Waals surface area contributed by atoms with Crippen molar-refractivity contribution in [2.24, 2.45) is 0 Å². The maximum atomic E-state index is 13.2. The number of amides is 1. The average Bonchev–Trinajstić information content (AvgIpc) is 3.55. The Balaban J connectivity index is 1.02. The Morgan fingerprint density at radius 2 is 1.91 bits per heavy atom. The Bertz CT molecular complexity index is 1740. The lowest BCUT2D eigenvalue weighted by Gasteiger charge is -2.32. The number of fused-ring (bicyclic) bond motifs is 2. The van der Waals surface area contributed by atoms with Gasteiger partial charge in [0.1, 0.15) is 23.5 Å². The molecule has 0 bridgehead atoms. The number of hydrogen-bond donors (Lipinski definition) is 2. The number of carbonyl (C=O) groups excluding carboxylic acids is 1. The molecule has 2 atom stereocenters. The van der Waals surface area contributed by atoms with Gasteiger partial charge in [-0.2, -0.15) is 0 Å². The molecule has 0 aliphatic carbocycles. The molecule has 11 heteroatoms. The molecular weight excluding hydrogens is 582 g/mol. The van der Waals surface area contributed by atoms with Gasteiger partial charge in [0.2, 0.25) is 0 Å². The predicted molar refractivity (Wildman–Crippen MR) is 166 cm³/mol. The number of ether oxygens (including phenoxy) is 2. The number of nitrogens with one attached hydrogen (secondary N) is 1. The minimum atomic E-state index is -0.947. The molecule has 0 spiro atoms. The number of pyridine rings is 1. The number of carboxylic acid groups (broad SMARTS) is 1. The van der Waals surface area contributed by atoms with E-state index in [-0.39, 0.29) is 29.6 Å².